The van der Waals surface area contributed by atoms with Gasteiger partial charge in [0.25, 0.3) is 0 Å². The number of rotatable bonds is 8. The van der Waals surface area contributed by atoms with Crippen LogP contribution in [0.2, 0.25) is 0 Å². The Hall–Kier alpha value is -0.980. The van der Waals surface area contributed by atoms with Gasteiger partial charge in [0.05, 0.1) is 0 Å². The van der Waals surface area contributed by atoms with E-state index in [9.17, 15) is 0 Å². The topological polar surface area (TPSA) is 53.2 Å². The third-order valence-electron chi connectivity index (χ3n) is 2.71. The molecule has 0 bridgehead atoms. The number of anilines is 1. The van der Waals surface area contributed by atoms with Crippen LogP contribution in [-0.4, -0.2) is 48.2 Å². The average Bonchev–Trinajstić information content (AvgIpc) is 2.34. The largest absolute Gasteiger partial charge is 0.377 e. The van der Waals surface area contributed by atoms with Crippen LogP contribution in [0, 0.1) is 4.64 Å². The van der Waals surface area contributed by atoms with Crippen LogP contribution < -0.4 is 5.32 Å². The van der Waals surface area contributed by atoms with Crippen molar-refractivity contribution in [2.75, 3.05) is 38.6 Å². The number of nitrogens with one attached hydrogen (secondary N) is 2. The Kier molecular flexibility index (Phi) is 6.85. The van der Waals surface area contributed by atoms with Crippen molar-refractivity contribution in [2.24, 2.45) is 0 Å². The zero-order valence-corrected chi connectivity index (χ0v) is 12.1. The molecule has 1 aromatic rings. The molecule has 18 heavy (non-hydrogen) atoms. The van der Waals surface area contributed by atoms with Crippen LogP contribution in [-0.2, 0) is 11.3 Å². The molecule has 6 heteroatoms. The fourth-order valence-electron chi connectivity index (χ4n) is 1.70. The molecule has 0 spiro atoms. The zero-order valence-electron chi connectivity index (χ0n) is 11.3. The van der Waals surface area contributed by atoms with E-state index in [1.165, 1.54) is 0 Å². The highest BCUT2D eigenvalue weighted by Gasteiger charge is 2.00. The summed E-state index contributed by atoms with van der Waals surface area (Å²) in [7, 11) is 1.64. The van der Waals surface area contributed by atoms with Gasteiger partial charge >= 0.3 is 0 Å². The monoisotopic (exact) mass is 270 g/mol. The number of hydrogen-bond donors (Lipinski definition) is 2. The normalized spacial score (nSPS) is 10.9. The predicted octanol–water partition coefficient (Wildman–Crippen LogP) is 2.04. The molecule has 1 rings (SSSR count). The summed E-state index contributed by atoms with van der Waals surface area (Å²) in [5.41, 5.74) is 0. The third-order valence-corrected chi connectivity index (χ3v) is 2.92. The molecule has 0 saturated carbocycles. The first-order valence-corrected chi connectivity index (χ1v) is 6.65. The molecule has 1 heterocycles. The van der Waals surface area contributed by atoms with E-state index in [4.69, 9.17) is 17.0 Å². The summed E-state index contributed by atoms with van der Waals surface area (Å²) in [6, 6.07) is 1.83. The lowest BCUT2D eigenvalue weighted by atomic mass is 10.4. The molecular formula is C12H22N4OS. The van der Waals surface area contributed by atoms with Crippen molar-refractivity contribution in [3.63, 3.8) is 0 Å². The number of aromatic nitrogens is 2. The number of hydrogen-bond acceptors (Lipinski definition) is 5. The first kappa shape index (κ1) is 15.1. The van der Waals surface area contributed by atoms with Crippen molar-refractivity contribution in [1.29, 1.82) is 0 Å². The molecule has 1 aromatic heterocycles. The number of methoxy groups -OCH3 is 1. The number of aromatic amines is 1. The maximum absolute atomic E-state index is 5.11. The molecule has 0 aliphatic heterocycles. The van der Waals surface area contributed by atoms with Crippen LogP contribution in [0.5, 0.6) is 0 Å². The Morgan fingerprint density at radius 2 is 2.17 bits per heavy atom. The van der Waals surface area contributed by atoms with Crippen molar-refractivity contribution in [1.82, 2.24) is 14.9 Å². The first-order valence-electron chi connectivity index (χ1n) is 6.25. The minimum atomic E-state index is 0.440. The number of ether oxygens (including phenoxy) is 1. The minimum Gasteiger partial charge on any atom is -0.377 e. The van der Waals surface area contributed by atoms with Crippen molar-refractivity contribution in [3.8, 4) is 0 Å². The highest BCUT2D eigenvalue weighted by molar-refractivity contribution is 7.71. The number of likely N-dealkylation sites (N-methyl/N-ethyl adjacent to an activating group) is 1. The lowest BCUT2D eigenvalue weighted by molar-refractivity contribution is 0.178. The van der Waals surface area contributed by atoms with Gasteiger partial charge in [-0.1, -0.05) is 26.1 Å². The number of nitrogens with zero attached hydrogens (tertiary/aromatic N) is 2. The van der Waals surface area contributed by atoms with Gasteiger partial charge in [-0.3, -0.25) is 0 Å². The van der Waals surface area contributed by atoms with Crippen LogP contribution in [0.15, 0.2) is 6.07 Å². The summed E-state index contributed by atoms with van der Waals surface area (Å²) in [5.74, 6) is 1.64. The smallest absolute Gasteiger partial charge is 0.135 e. The Morgan fingerprint density at radius 1 is 1.44 bits per heavy atom. The first-order chi connectivity index (χ1) is 8.69. The summed E-state index contributed by atoms with van der Waals surface area (Å²) in [5, 5.41) is 3.32. The van der Waals surface area contributed by atoms with Crippen LogP contribution in [0.3, 0.4) is 0 Å². The van der Waals surface area contributed by atoms with E-state index in [0.717, 1.165) is 37.8 Å². The van der Waals surface area contributed by atoms with Gasteiger partial charge in [-0.05, 0) is 13.1 Å². The second kappa shape index (κ2) is 8.18. The molecule has 0 aliphatic carbocycles. The molecule has 0 amide bonds. The van der Waals surface area contributed by atoms with E-state index < -0.39 is 0 Å². The molecule has 2 N–H and O–H groups in total. The third kappa shape index (κ3) is 5.12. The highest BCUT2D eigenvalue weighted by atomic mass is 32.1. The average molecular weight is 270 g/mol. The van der Waals surface area contributed by atoms with Crippen molar-refractivity contribution < 1.29 is 4.74 Å². The molecule has 0 fully saturated rings. The Labute approximate surface area is 114 Å². The van der Waals surface area contributed by atoms with E-state index in [1.807, 2.05) is 6.07 Å². The molecule has 0 unspecified atom stereocenters. The zero-order chi connectivity index (χ0) is 13.4. The molecule has 5 nitrogen and oxygen atoms in total. The van der Waals surface area contributed by atoms with Crippen LogP contribution >= 0.6 is 12.2 Å². The van der Waals surface area contributed by atoms with E-state index in [-0.39, 0.29) is 0 Å². The second-order valence-electron chi connectivity index (χ2n) is 3.97. The fraction of sp³-hybridized carbons (Fsp3) is 0.667. The molecule has 0 atom stereocenters. The van der Waals surface area contributed by atoms with Crippen LogP contribution in [0.4, 0.5) is 5.82 Å². The summed E-state index contributed by atoms with van der Waals surface area (Å²) >= 11 is 5.11. The van der Waals surface area contributed by atoms with Gasteiger partial charge in [0, 0.05) is 26.3 Å². The lowest BCUT2D eigenvalue weighted by Gasteiger charge is -2.18. The van der Waals surface area contributed by atoms with Crippen LogP contribution in [0.1, 0.15) is 19.7 Å². The molecule has 0 aliphatic rings. The molecule has 0 radical (unpaired) electrons. The van der Waals surface area contributed by atoms with Gasteiger partial charge < -0.3 is 19.9 Å². The maximum atomic E-state index is 5.11. The van der Waals surface area contributed by atoms with E-state index in [2.05, 4.69) is 34.0 Å². The quantitative estimate of drug-likeness (QED) is 0.708. The second-order valence-corrected chi connectivity index (χ2v) is 4.38. The van der Waals surface area contributed by atoms with Gasteiger partial charge in [0.15, 0.2) is 0 Å². The summed E-state index contributed by atoms with van der Waals surface area (Å²) < 4.78 is 5.61. The van der Waals surface area contributed by atoms with Gasteiger partial charge in [-0.15, -0.1) is 0 Å². The Bertz CT molecular complexity index is 403. The standard InChI is InChI=1S/C12H22N4OS/c1-4-16(5-2)7-6-13-10-8-12(18)15-11(14-10)9-17-3/h8H,4-7,9H2,1-3H3,(H2,13,14,15,18). The van der Waals surface area contributed by atoms with Crippen molar-refractivity contribution in [3.05, 3.63) is 16.5 Å². The van der Waals surface area contributed by atoms with Crippen molar-refractivity contribution >= 4 is 18.0 Å². The van der Waals surface area contributed by atoms with Gasteiger partial charge in [0.1, 0.15) is 22.9 Å². The Balaban J connectivity index is 2.53. The summed E-state index contributed by atoms with van der Waals surface area (Å²) in [6.07, 6.45) is 0. The summed E-state index contributed by atoms with van der Waals surface area (Å²) in [4.78, 5) is 9.71. The minimum absolute atomic E-state index is 0.440. The van der Waals surface area contributed by atoms with Gasteiger partial charge in [-0.25, -0.2) is 4.98 Å². The number of H-pyrrole nitrogens is 1. The molecule has 0 saturated heterocycles. The van der Waals surface area contributed by atoms with E-state index in [1.54, 1.807) is 7.11 Å². The predicted molar refractivity (Wildman–Crippen MR) is 76.4 cm³/mol. The van der Waals surface area contributed by atoms with Crippen LogP contribution in [0.25, 0.3) is 0 Å². The van der Waals surface area contributed by atoms with E-state index >= 15 is 0 Å². The molecule has 0 aromatic carbocycles. The fourth-order valence-corrected chi connectivity index (χ4v) is 1.93. The SMILES string of the molecule is CCN(CC)CCNc1cc(=S)nc(COC)[nH]1. The molecule has 102 valence electrons. The van der Waals surface area contributed by atoms with Crippen molar-refractivity contribution in [2.45, 2.75) is 20.5 Å². The van der Waals surface area contributed by atoms with Gasteiger partial charge in [0.2, 0.25) is 0 Å². The highest BCUT2D eigenvalue weighted by Crippen LogP contribution is 2.04. The maximum Gasteiger partial charge on any atom is 0.135 e. The molecular weight excluding hydrogens is 248 g/mol. The van der Waals surface area contributed by atoms with E-state index in [0.29, 0.717) is 11.2 Å². The summed E-state index contributed by atoms with van der Waals surface area (Å²) in [6.45, 7) is 8.80. The lowest BCUT2D eigenvalue weighted by Crippen LogP contribution is -2.28. The van der Waals surface area contributed by atoms with Gasteiger partial charge in [-0.2, -0.15) is 0 Å². The Morgan fingerprint density at radius 3 is 2.78 bits per heavy atom.